The zero-order valence-corrected chi connectivity index (χ0v) is 11.5. The molecule has 0 radical (unpaired) electrons. The fourth-order valence-electron chi connectivity index (χ4n) is 2.29. The van der Waals surface area contributed by atoms with E-state index in [1.807, 2.05) is 13.1 Å². The summed E-state index contributed by atoms with van der Waals surface area (Å²) in [6.45, 7) is 2.41. The molecule has 1 aromatic carbocycles. The van der Waals surface area contributed by atoms with Crippen LogP contribution >= 0.6 is 0 Å². The first-order valence-corrected chi connectivity index (χ1v) is 6.91. The van der Waals surface area contributed by atoms with E-state index in [9.17, 15) is 4.39 Å². The molecule has 1 unspecified atom stereocenters. The van der Waals surface area contributed by atoms with Gasteiger partial charge >= 0.3 is 0 Å². The molecular weight excluding hydrogens is 245 g/mol. The van der Waals surface area contributed by atoms with Crippen molar-refractivity contribution in [2.75, 3.05) is 20.3 Å². The zero-order valence-electron chi connectivity index (χ0n) is 11.5. The van der Waals surface area contributed by atoms with Crippen LogP contribution in [0.3, 0.4) is 0 Å². The Labute approximate surface area is 114 Å². The Morgan fingerprint density at radius 2 is 2.32 bits per heavy atom. The molecular formula is C15H22FNO2. The van der Waals surface area contributed by atoms with Gasteiger partial charge in [0.15, 0.2) is 0 Å². The molecule has 0 aromatic heterocycles. The molecule has 1 saturated heterocycles. The molecule has 19 heavy (non-hydrogen) atoms. The van der Waals surface area contributed by atoms with E-state index in [-0.39, 0.29) is 11.9 Å². The zero-order chi connectivity index (χ0) is 13.5. The standard InChI is InChI=1S/C15H22FNO2/c1-17-9-12-5-6-15(16)13(8-12)10-18-11-14-4-2-3-7-19-14/h5-6,8,14,17H,2-4,7,9-11H2,1H3. The van der Waals surface area contributed by atoms with E-state index < -0.39 is 0 Å². The van der Waals surface area contributed by atoms with Crippen molar-refractivity contribution in [2.24, 2.45) is 0 Å². The van der Waals surface area contributed by atoms with Gasteiger partial charge in [0.2, 0.25) is 0 Å². The first-order valence-electron chi connectivity index (χ1n) is 6.91. The van der Waals surface area contributed by atoms with Gasteiger partial charge in [0.1, 0.15) is 5.82 Å². The number of halogens is 1. The minimum Gasteiger partial charge on any atom is -0.376 e. The van der Waals surface area contributed by atoms with E-state index >= 15 is 0 Å². The molecule has 1 fully saturated rings. The van der Waals surface area contributed by atoms with E-state index in [2.05, 4.69) is 5.32 Å². The molecule has 1 atom stereocenters. The predicted molar refractivity (Wildman–Crippen MR) is 72.4 cm³/mol. The quantitative estimate of drug-likeness (QED) is 0.859. The van der Waals surface area contributed by atoms with Crippen LogP contribution in [0.2, 0.25) is 0 Å². The van der Waals surface area contributed by atoms with Crippen molar-refractivity contribution in [3.8, 4) is 0 Å². The van der Waals surface area contributed by atoms with Crippen molar-refractivity contribution in [2.45, 2.75) is 38.5 Å². The average molecular weight is 267 g/mol. The molecule has 0 spiro atoms. The van der Waals surface area contributed by atoms with Crippen molar-refractivity contribution in [1.82, 2.24) is 5.32 Å². The highest BCUT2D eigenvalue weighted by Crippen LogP contribution is 2.15. The van der Waals surface area contributed by atoms with Gasteiger partial charge in [0.05, 0.1) is 19.3 Å². The average Bonchev–Trinajstić information content (AvgIpc) is 2.44. The molecule has 0 amide bonds. The van der Waals surface area contributed by atoms with Crippen LogP contribution < -0.4 is 5.32 Å². The van der Waals surface area contributed by atoms with Gasteiger partial charge in [-0.25, -0.2) is 4.39 Å². The molecule has 1 N–H and O–H groups in total. The first-order chi connectivity index (χ1) is 9.29. The van der Waals surface area contributed by atoms with Crippen LogP contribution in [0.25, 0.3) is 0 Å². The highest BCUT2D eigenvalue weighted by molar-refractivity contribution is 5.24. The third-order valence-corrected chi connectivity index (χ3v) is 3.33. The normalized spacial score (nSPS) is 19.6. The smallest absolute Gasteiger partial charge is 0.128 e. The fourth-order valence-corrected chi connectivity index (χ4v) is 2.29. The van der Waals surface area contributed by atoms with Crippen molar-refractivity contribution in [3.05, 3.63) is 35.1 Å². The lowest BCUT2D eigenvalue weighted by Gasteiger charge is -2.22. The molecule has 0 saturated carbocycles. The van der Waals surface area contributed by atoms with Crippen LogP contribution in [0.15, 0.2) is 18.2 Å². The van der Waals surface area contributed by atoms with Crippen molar-refractivity contribution < 1.29 is 13.9 Å². The van der Waals surface area contributed by atoms with Crippen LogP contribution in [0, 0.1) is 5.82 Å². The van der Waals surface area contributed by atoms with Crippen molar-refractivity contribution in [1.29, 1.82) is 0 Å². The maximum Gasteiger partial charge on any atom is 0.128 e. The minimum absolute atomic E-state index is 0.178. The number of nitrogens with one attached hydrogen (secondary N) is 1. The molecule has 106 valence electrons. The predicted octanol–water partition coefficient (Wildman–Crippen LogP) is 2.63. The Balaban J connectivity index is 1.82. The maximum atomic E-state index is 13.6. The molecule has 1 heterocycles. The van der Waals surface area contributed by atoms with E-state index in [4.69, 9.17) is 9.47 Å². The topological polar surface area (TPSA) is 30.5 Å². The van der Waals surface area contributed by atoms with E-state index in [1.54, 1.807) is 6.07 Å². The molecule has 3 nitrogen and oxygen atoms in total. The first kappa shape index (κ1) is 14.4. The van der Waals surface area contributed by atoms with Crippen LogP contribution in [-0.2, 0) is 22.6 Å². The summed E-state index contributed by atoms with van der Waals surface area (Å²) in [7, 11) is 1.87. The summed E-state index contributed by atoms with van der Waals surface area (Å²) in [4.78, 5) is 0. The summed E-state index contributed by atoms with van der Waals surface area (Å²) >= 11 is 0. The van der Waals surface area contributed by atoms with Crippen LogP contribution in [0.5, 0.6) is 0 Å². The summed E-state index contributed by atoms with van der Waals surface area (Å²) in [6.07, 6.45) is 3.55. The summed E-state index contributed by atoms with van der Waals surface area (Å²) in [5.41, 5.74) is 1.68. The highest BCUT2D eigenvalue weighted by Gasteiger charge is 2.14. The molecule has 1 aliphatic heterocycles. The van der Waals surface area contributed by atoms with E-state index in [0.717, 1.165) is 31.6 Å². The van der Waals surface area contributed by atoms with E-state index in [1.165, 1.54) is 12.5 Å². The van der Waals surface area contributed by atoms with Gasteiger partial charge in [-0.1, -0.05) is 6.07 Å². The third-order valence-electron chi connectivity index (χ3n) is 3.33. The lowest BCUT2D eigenvalue weighted by Crippen LogP contribution is -2.24. The number of hydrogen-bond donors (Lipinski definition) is 1. The Kier molecular flexibility index (Phi) is 5.76. The van der Waals surface area contributed by atoms with Gasteiger partial charge in [0.25, 0.3) is 0 Å². The molecule has 0 bridgehead atoms. The van der Waals surface area contributed by atoms with Gasteiger partial charge in [-0.15, -0.1) is 0 Å². The number of benzene rings is 1. The lowest BCUT2D eigenvalue weighted by molar-refractivity contribution is -0.0451. The highest BCUT2D eigenvalue weighted by atomic mass is 19.1. The van der Waals surface area contributed by atoms with Crippen LogP contribution in [0.1, 0.15) is 30.4 Å². The summed E-state index contributed by atoms with van der Waals surface area (Å²) < 4.78 is 24.8. The van der Waals surface area contributed by atoms with Gasteiger partial charge in [-0.05, 0) is 44.0 Å². The van der Waals surface area contributed by atoms with E-state index in [0.29, 0.717) is 18.8 Å². The number of hydrogen-bond acceptors (Lipinski definition) is 3. The Morgan fingerprint density at radius 3 is 3.05 bits per heavy atom. The second-order valence-corrected chi connectivity index (χ2v) is 4.96. The Hall–Kier alpha value is -0.970. The molecule has 4 heteroatoms. The van der Waals surface area contributed by atoms with Gasteiger partial charge in [-0.3, -0.25) is 0 Å². The van der Waals surface area contributed by atoms with Crippen LogP contribution in [0.4, 0.5) is 4.39 Å². The second kappa shape index (κ2) is 7.58. The van der Waals surface area contributed by atoms with Crippen molar-refractivity contribution in [3.63, 3.8) is 0 Å². The number of ether oxygens (including phenoxy) is 2. The van der Waals surface area contributed by atoms with Gasteiger partial charge in [-0.2, -0.15) is 0 Å². The maximum absolute atomic E-state index is 13.6. The van der Waals surface area contributed by atoms with Crippen molar-refractivity contribution >= 4 is 0 Å². The molecule has 0 aliphatic carbocycles. The second-order valence-electron chi connectivity index (χ2n) is 4.96. The Morgan fingerprint density at radius 1 is 1.42 bits per heavy atom. The Bertz CT molecular complexity index is 392. The van der Waals surface area contributed by atoms with Gasteiger partial charge in [0, 0.05) is 18.7 Å². The lowest BCUT2D eigenvalue weighted by atomic mass is 10.1. The minimum atomic E-state index is -0.204. The third kappa shape index (κ3) is 4.56. The summed E-state index contributed by atoms with van der Waals surface area (Å²) in [5, 5.41) is 3.06. The molecule has 1 aromatic rings. The molecule has 2 rings (SSSR count). The summed E-state index contributed by atoms with van der Waals surface area (Å²) in [5.74, 6) is -0.204. The van der Waals surface area contributed by atoms with Gasteiger partial charge < -0.3 is 14.8 Å². The largest absolute Gasteiger partial charge is 0.376 e. The number of rotatable bonds is 6. The SMILES string of the molecule is CNCc1ccc(F)c(COCC2CCCCO2)c1. The van der Waals surface area contributed by atoms with Crippen LogP contribution in [-0.4, -0.2) is 26.4 Å². The molecule has 1 aliphatic rings. The fraction of sp³-hybridized carbons (Fsp3) is 0.600. The summed E-state index contributed by atoms with van der Waals surface area (Å²) in [6, 6.07) is 5.15. The monoisotopic (exact) mass is 267 g/mol.